The lowest BCUT2D eigenvalue weighted by atomic mass is 10.2. The number of aryl methyl sites for hydroxylation is 1. The van der Waals surface area contributed by atoms with Crippen molar-refractivity contribution in [2.75, 3.05) is 11.9 Å². The molecule has 2 aromatic rings. The quantitative estimate of drug-likeness (QED) is 0.642. The van der Waals surface area contributed by atoms with Gasteiger partial charge in [-0.05, 0) is 33.1 Å². The smallest absolute Gasteiger partial charge is 0.332 e. The molecule has 0 aliphatic carbocycles. The zero-order valence-electron chi connectivity index (χ0n) is 13.2. The highest BCUT2D eigenvalue weighted by molar-refractivity contribution is 5.72. The second-order valence-corrected chi connectivity index (χ2v) is 5.46. The number of hydrogen-bond donors (Lipinski definition) is 3. The molecule has 8 heteroatoms. The number of aromatic nitrogens is 4. The molecule has 0 aliphatic heterocycles. The summed E-state index contributed by atoms with van der Waals surface area (Å²) in [5.41, 5.74) is -0.0457. The summed E-state index contributed by atoms with van der Waals surface area (Å²) < 4.78 is 2.60. The lowest BCUT2D eigenvalue weighted by molar-refractivity contribution is 0.180. The lowest BCUT2D eigenvalue weighted by Gasteiger charge is -2.08. The predicted octanol–water partition coefficient (Wildman–Crippen LogP) is 0.406. The van der Waals surface area contributed by atoms with Crippen molar-refractivity contribution in [3.8, 4) is 0 Å². The van der Waals surface area contributed by atoms with Crippen molar-refractivity contribution in [1.29, 1.82) is 0 Å². The molecule has 0 saturated heterocycles. The van der Waals surface area contributed by atoms with Crippen LogP contribution in [0, 0.1) is 0 Å². The molecule has 1 unspecified atom stereocenters. The Hall–Kier alpha value is -2.09. The van der Waals surface area contributed by atoms with Crippen LogP contribution >= 0.6 is 0 Å². The van der Waals surface area contributed by atoms with E-state index in [1.807, 2.05) is 6.92 Å². The molecular formula is C14H23N5O3. The van der Waals surface area contributed by atoms with Crippen molar-refractivity contribution in [3.05, 3.63) is 20.8 Å². The summed E-state index contributed by atoms with van der Waals surface area (Å²) in [6, 6.07) is 0. The van der Waals surface area contributed by atoms with Gasteiger partial charge in [-0.25, -0.2) is 4.79 Å². The van der Waals surface area contributed by atoms with Crippen LogP contribution in [0.5, 0.6) is 0 Å². The molecule has 0 aromatic carbocycles. The number of nitrogens with zero attached hydrogens (tertiary/aromatic N) is 3. The summed E-state index contributed by atoms with van der Waals surface area (Å²) in [5, 5.41) is 12.2. The van der Waals surface area contributed by atoms with Crippen LogP contribution in [0.2, 0.25) is 0 Å². The van der Waals surface area contributed by atoms with E-state index < -0.39 is 0 Å². The summed E-state index contributed by atoms with van der Waals surface area (Å²) in [6.45, 7) is 4.65. The zero-order chi connectivity index (χ0) is 16.3. The molecule has 0 aliphatic rings. The molecular weight excluding hydrogens is 286 g/mol. The van der Waals surface area contributed by atoms with E-state index >= 15 is 0 Å². The van der Waals surface area contributed by atoms with Crippen molar-refractivity contribution in [2.24, 2.45) is 7.05 Å². The standard InChI is InChI=1S/C14H23N5O3/c1-4-15-13-16-10-11(17-13)18(3)14(22)19(12(10)21)8-6-5-7-9(2)20/h9,20H,4-8H2,1-3H3,(H2,15,16,17). The van der Waals surface area contributed by atoms with Gasteiger partial charge in [-0.1, -0.05) is 0 Å². The number of aliphatic hydroxyl groups excluding tert-OH is 1. The van der Waals surface area contributed by atoms with Crippen molar-refractivity contribution in [3.63, 3.8) is 0 Å². The Bertz CT molecular complexity index is 756. The first-order valence-corrected chi connectivity index (χ1v) is 7.57. The maximum Gasteiger partial charge on any atom is 0.332 e. The normalized spacial score (nSPS) is 12.7. The second kappa shape index (κ2) is 6.78. The van der Waals surface area contributed by atoms with Crippen molar-refractivity contribution in [1.82, 2.24) is 19.1 Å². The van der Waals surface area contributed by atoms with Crippen molar-refractivity contribution in [2.45, 2.75) is 45.8 Å². The largest absolute Gasteiger partial charge is 0.393 e. The van der Waals surface area contributed by atoms with Gasteiger partial charge in [-0.2, -0.15) is 4.98 Å². The minimum Gasteiger partial charge on any atom is -0.393 e. The molecule has 0 radical (unpaired) electrons. The Labute approximate surface area is 127 Å². The number of H-pyrrole nitrogens is 1. The SMILES string of the molecule is CCNc1nc2c([nH]1)c(=O)n(CCCCC(C)O)c(=O)n2C. The van der Waals surface area contributed by atoms with Gasteiger partial charge in [-0.3, -0.25) is 13.9 Å². The number of nitrogens with one attached hydrogen (secondary N) is 2. The van der Waals surface area contributed by atoms with Crippen LogP contribution in [-0.2, 0) is 13.6 Å². The van der Waals surface area contributed by atoms with E-state index in [4.69, 9.17) is 0 Å². The Balaban J connectivity index is 2.34. The van der Waals surface area contributed by atoms with Crippen molar-refractivity contribution < 1.29 is 5.11 Å². The highest BCUT2D eigenvalue weighted by atomic mass is 16.3. The minimum absolute atomic E-state index is 0.327. The van der Waals surface area contributed by atoms with Crippen LogP contribution in [-0.4, -0.2) is 36.9 Å². The number of aliphatic hydroxyl groups is 1. The number of unbranched alkanes of at least 4 members (excludes halogenated alkanes) is 1. The summed E-state index contributed by atoms with van der Waals surface area (Å²) in [5.74, 6) is 0.483. The van der Waals surface area contributed by atoms with E-state index in [0.29, 0.717) is 43.0 Å². The van der Waals surface area contributed by atoms with Crippen LogP contribution in [0.4, 0.5) is 5.95 Å². The van der Waals surface area contributed by atoms with Gasteiger partial charge < -0.3 is 15.4 Å². The average molecular weight is 309 g/mol. The van der Waals surface area contributed by atoms with E-state index in [2.05, 4.69) is 15.3 Å². The topological polar surface area (TPSA) is 105 Å². The van der Waals surface area contributed by atoms with E-state index in [-0.39, 0.29) is 17.4 Å². The van der Waals surface area contributed by atoms with Gasteiger partial charge >= 0.3 is 5.69 Å². The van der Waals surface area contributed by atoms with E-state index in [0.717, 1.165) is 6.42 Å². The molecule has 8 nitrogen and oxygen atoms in total. The molecule has 2 rings (SSSR count). The van der Waals surface area contributed by atoms with Gasteiger partial charge in [0.2, 0.25) is 5.95 Å². The Kier molecular flexibility index (Phi) is 5.02. The third-order valence-electron chi connectivity index (χ3n) is 3.58. The Morgan fingerprint density at radius 2 is 2.09 bits per heavy atom. The highest BCUT2D eigenvalue weighted by Gasteiger charge is 2.14. The van der Waals surface area contributed by atoms with E-state index in [1.54, 1.807) is 14.0 Å². The second-order valence-electron chi connectivity index (χ2n) is 5.46. The summed E-state index contributed by atoms with van der Waals surface area (Å²) in [7, 11) is 1.60. The maximum absolute atomic E-state index is 12.4. The highest BCUT2D eigenvalue weighted by Crippen LogP contribution is 2.08. The fraction of sp³-hybridized carbons (Fsp3) is 0.643. The number of hydrogen-bond acceptors (Lipinski definition) is 5. The van der Waals surface area contributed by atoms with Gasteiger partial charge in [0.25, 0.3) is 5.56 Å². The zero-order valence-corrected chi connectivity index (χ0v) is 13.2. The van der Waals surface area contributed by atoms with Crippen LogP contribution in [0.25, 0.3) is 11.2 Å². The predicted molar refractivity (Wildman–Crippen MR) is 85.3 cm³/mol. The molecule has 2 aromatic heterocycles. The molecule has 0 fully saturated rings. The number of anilines is 1. The Morgan fingerprint density at radius 3 is 2.73 bits per heavy atom. The van der Waals surface area contributed by atoms with Crippen LogP contribution < -0.4 is 16.6 Å². The molecule has 122 valence electrons. The molecule has 22 heavy (non-hydrogen) atoms. The first-order chi connectivity index (χ1) is 10.5. The fourth-order valence-corrected chi connectivity index (χ4v) is 2.41. The van der Waals surface area contributed by atoms with E-state index in [1.165, 1.54) is 9.13 Å². The first kappa shape index (κ1) is 16.3. The van der Waals surface area contributed by atoms with Crippen LogP contribution in [0.3, 0.4) is 0 Å². The fourth-order valence-electron chi connectivity index (χ4n) is 2.41. The molecule has 3 N–H and O–H groups in total. The first-order valence-electron chi connectivity index (χ1n) is 7.57. The third-order valence-corrected chi connectivity index (χ3v) is 3.58. The monoisotopic (exact) mass is 309 g/mol. The molecule has 0 bridgehead atoms. The summed E-state index contributed by atoms with van der Waals surface area (Å²) >= 11 is 0. The molecule has 0 amide bonds. The maximum atomic E-state index is 12.4. The number of imidazole rings is 1. The Morgan fingerprint density at radius 1 is 1.36 bits per heavy atom. The number of rotatable bonds is 7. The van der Waals surface area contributed by atoms with Crippen molar-refractivity contribution >= 4 is 17.1 Å². The van der Waals surface area contributed by atoms with Gasteiger partial charge in [-0.15, -0.1) is 0 Å². The number of aromatic amines is 1. The summed E-state index contributed by atoms with van der Waals surface area (Å²) in [4.78, 5) is 31.9. The van der Waals surface area contributed by atoms with Crippen LogP contribution in [0.1, 0.15) is 33.1 Å². The molecule has 0 spiro atoms. The third kappa shape index (κ3) is 3.22. The summed E-state index contributed by atoms with van der Waals surface area (Å²) in [6.07, 6.45) is 1.72. The molecule has 0 saturated carbocycles. The van der Waals surface area contributed by atoms with E-state index in [9.17, 15) is 14.7 Å². The van der Waals surface area contributed by atoms with Gasteiger partial charge in [0.05, 0.1) is 6.10 Å². The number of fused-ring (bicyclic) bond motifs is 1. The molecule has 1 atom stereocenters. The van der Waals surface area contributed by atoms with Gasteiger partial charge in [0.15, 0.2) is 11.2 Å². The van der Waals surface area contributed by atoms with Gasteiger partial charge in [0, 0.05) is 20.1 Å². The lowest BCUT2D eigenvalue weighted by Crippen LogP contribution is -2.39. The van der Waals surface area contributed by atoms with Crippen LogP contribution in [0.15, 0.2) is 9.59 Å². The average Bonchev–Trinajstić information content (AvgIpc) is 2.88. The van der Waals surface area contributed by atoms with Gasteiger partial charge in [0.1, 0.15) is 0 Å². The molecule has 2 heterocycles. The minimum atomic E-state index is -0.371.